The molecule has 200 valence electrons. The van der Waals surface area contributed by atoms with Gasteiger partial charge < -0.3 is 14.6 Å². The molecule has 1 aliphatic rings. The summed E-state index contributed by atoms with van der Waals surface area (Å²) < 4.78 is 10.5. The monoisotopic (exact) mass is 549 g/mol. The summed E-state index contributed by atoms with van der Waals surface area (Å²) in [5.74, 6) is -2.65. The van der Waals surface area contributed by atoms with E-state index >= 15 is 0 Å². The number of aliphatic hydroxyl groups is 1. The number of ketones is 1. The van der Waals surface area contributed by atoms with Crippen LogP contribution in [0.3, 0.4) is 0 Å². The van der Waals surface area contributed by atoms with Crippen molar-refractivity contribution in [1.29, 1.82) is 0 Å². The largest absolute Gasteiger partial charge is 0.507 e. The standard InChI is InChI=1S/C27H23N3O8S/c1-4-13-38-26(34)24-15(3)28-27(39-24)29-21(17-7-6-8-18(14-17)30(35)36)20(23(32)25(29)33)22(31)16-9-11-19(12-10-16)37-5-2/h4,6-12,14,21,31H,1,5,13H2,2-3H3/b22-20-. The Bertz CT molecular complexity index is 1510. The van der Waals surface area contributed by atoms with Gasteiger partial charge >= 0.3 is 11.9 Å². The van der Waals surface area contributed by atoms with Crippen LogP contribution in [-0.2, 0) is 14.3 Å². The van der Waals surface area contributed by atoms with Crippen LogP contribution in [0.4, 0.5) is 10.8 Å². The van der Waals surface area contributed by atoms with E-state index in [1.54, 1.807) is 19.1 Å². The predicted octanol–water partition coefficient (Wildman–Crippen LogP) is 4.73. The highest BCUT2D eigenvalue weighted by molar-refractivity contribution is 7.17. The number of non-ortho nitro benzene ring substituents is 1. The molecule has 1 unspecified atom stereocenters. The Hall–Kier alpha value is -4.84. The minimum absolute atomic E-state index is 0.0117. The Morgan fingerprint density at radius 3 is 2.62 bits per heavy atom. The third-order valence-electron chi connectivity index (χ3n) is 5.79. The molecular weight excluding hydrogens is 526 g/mol. The van der Waals surface area contributed by atoms with E-state index in [-0.39, 0.29) is 44.7 Å². The van der Waals surface area contributed by atoms with Crippen molar-refractivity contribution in [3.05, 3.63) is 98.6 Å². The first-order chi connectivity index (χ1) is 18.7. The molecule has 0 aliphatic carbocycles. The van der Waals surface area contributed by atoms with Crippen molar-refractivity contribution >= 4 is 45.6 Å². The average molecular weight is 550 g/mol. The number of hydrogen-bond donors (Lipinski definition) is 1. The van der Waals surface area contributed by atoms with Gasteiger partial charge in [-0.3, -0.25) is 24.6 Å². The Morgan fingerprint density at radius 1 is 1.26 bits per heavy atom. The molecule has 12 heteroatoms. The first-order valence-corrected chi connectivity index (χ1v) is 12.5. The van der Waals surface area contributed by atoms with Crippen molar-refractivity contribution in [3.8, 4) is 5.75 Å². The zero-order chi connectivity index (χ0) is 28.3. The van der Waals surface area contributed by atoms with Crippen molar-refractivity contribution < 1.29 is 33.9 Å². The fourth-order valence-electron chi connectivity index (χ4n) is 4.06. The van der Waals surface area contributed by atoms with E-state index in [1.807, 2.05) is 6.92 Å². The highest BCUT2D eigenvalue weighted by Crippen LogP contribution is 2.44. The summed E-state index contributed by atoms with van der Waals surface area (Å²) >= 11 is 0.825. The van der Waals surface area contributed by atoms with E-state index in [0.29, 0.717) is 12.4 Å². The molecule has 0 bridgehead atoms. The number of nitro groups is 1. The lowest BCUT2D eigenvalue weighted by Gasteiger charge is -2.22. The number of Topliss-reactive ketones (excluding diaryl/α,β-unsaturated/α-hetero) is 1. The van der Waals surface area contributed by atoms with Gasteiger partial charge in [0.25, 0.3) is 11.5 Å². The number of carbonyl (C=O) groups is 3. The number of thiazole rings is 1. The zero-order valence-electron chi connectivity index (χ0n) is 20.9. The summed E-state index contributed by atoms with van der Waals surface area (Å²) in [7, 11) is 0. The third-order valence-corrected chi connectivity index (χ3v) is 6.93. The lowest BCUT2D eigenvalue weighted by molar-refractivity contribution is -0.384. The molecule has 39 heavy (non-hydrogen) atoms. The third kappa shape index (κ3) is 5.27. The number of carbonyl (C=O) groups excluding carboxylic acids is 3. The lowest BCUT2D eigenvalue weighted by Crippen LogP contribution is -2.29. The minimum Gasteiger partial charge on any atom is -0.507 e. The van der Waals surface area contributed by atoms with Crippen LogP contribution >= 0.6 is 11.3 Å². The Balaban J connectivity index is 1.89. The van der Waals surface area contributed by atoms with Gasteiger partial charge in [-0.15, -0.1) is 0 Å². The number of aryl methyl sites for hydroxylation is 1. The highest BCUT2D eigenvalue weighted by Gasteiger charge is 2.48. The van der Waals surface area contributed by atoms with Crippen LogP contribution in [0.25, 0.3) is 5.76 Å². The molecule has 2 heterocycles. The van der Waals surface area contributed by atoms with E-state index in [0.717, 1.165) is 16.2 Å². The number of aliphatic hydroxyl groups excluding tert-OH is 1. The summed E-state index contributed by atoms with van der Waals surface area (Å²) in [6, 6.07) is 10.4. The van der Waals surface area contributed by atoms with Crippen LogP contribution in [0.15, 0.2) is 66.8 Å². The average Bonchev–Trinajstić information content (AvgIpc) is 3.44. The van der Waals surface area contributed by atoms with Gasteiger partial charge in [0.2, 0.25) is 0 Å². The van der Waals surface area contributed by atoms with Crippen molar-refractivity contribution in [2.75, 3.05) is 18.1 Å². The number of benzene rings is 2. The van der Waals surface area contributed by atoms with Gasteiger partial charge in [-0.1, -0.05) is 36.1 Å². The van der Waals surface area contributed by atoms with E-state index in [4.69, 9.17) is 9.47 Å². The molecule has 0 spiro atoms. The molecule has 1 fully saturated rings. The minimum atomic E-state index is -1.26. The maximum absolute atomic E-state index is 13.4. The number of hydrogen-bond acceptors (Lipinski definition) is 10. The van der Waals surface area contributed by atoms with Crippen LogP contribution in [0.2, 0.25) is 0 Å². The highest BCUT2D eigenvalue weighted by atomic mass is 32.1. The van der Waals surface area contributed by atoms with Crippen LogP contribution in [0, 0.1) is 17.0 Å². The second kappa shape index (κ2) is 11.3. The molecular formula is C27H23N3O8S. The lowest BCUT2D eigenvalue weighted by atomic mass is 9.95. The predicted molar refractivity (Wildman–Crippen MR) is 143 cm³/mol. The molecule has 0 radical (unpaired) electrons. The second-order valence-corrected chi connectivity index (χ2v) is 9.25. The van der Waals surface area contributed by atoms with Gasteiger partial charge in [0, 0.05) is 17.7 Å². The maximum Gasteiger partial charge on any atom is 0.350 e. The molecule has 1 aromatic heterocycles. The number of nitrogens with zero attached hydrogens (tertiary/aromatic N) is 3. The summed E-state index contributed by atoms with van der Waals surface area (Å²) in [5, 5.41) is 22.7. The van der Waals surface area contributed by atoms with Crippen LogP contribution < -0.4 is 9.64 Å². The maximum atomic E-state index is 13.4. The molecule has 1 saturated heterocycles. The van der Waals surface area contributed by atoms with Gasteiger partial charge in [-0.25, -0.2) is 9.78 Å². The van der Waals surface area contributed by atoms with E-state index in [1.165, 1.54) is 42.5 Å². The van der Waals surface area contributed by atoms with Crippen molar-refractivity contribution in [3.63, 3.8) is 0 Å². The van der Waals surface area contributed by atoms with Gasteiger partial charge in [-0.2, -0.15) is 0 Å². The number of nitro benzene ring substituents is 1. The van der Waals surface area contributed by atoms with Crippen molar-refractivity contribution in [1.82, 2.24) is 4.98 Å². The molecule has 11 nitrogen and oxygen atoms in total. The number of amides is 1. The number of rotatable bonds is 9. The number of ether oxygens (including phenoxy) is 2. The second-order valence-electron chi connectivity index (χ2n) is 8.28. The molecule has 2 aromatic carbocycles. The number of anilines is 1. The number of aromatic nitrogens is 1. The van der Waals surface area contributed by atoms with Crippen molar-refractivity contribution in [2.45, 2.75) is 19.9 Å². The summed E-state index contributed by atoms with van der Waals surface area (Å²) in [4.78, 5) is 55.6. The Morgan fingerprint density at radius 2 is 1.97 bits per heavy atom. The molecule has 1 N–H and O–H groups in total. The molecule has 1 atom stereocenters. The smallest absolute Gasteiger partial charge is 0.350 e. The summed E-state index contributed by atoms with van der Waals surface area (Å²) in [5.41, 5.74) is 0.127. The van der Waals surface area contributed by atoms with Gasteiger partial charge in [0.15, 0.2) is 5.13 Å². The normalized spacial score (nSPS) is 16.3. The van der Waals surface area contributed by atoms with Crippen LogP contribution in [0.1, 0.15) is 39.5 Å². The Labute approximate surface area is 226 Å². The van der Waals surface area contributed by atoms with E-state index < -0.39 is 34.4 Å². The van der Waals surface area contributed by atoms with Gasteiger partial charge in [0.05, 0.1) is 28.8 Å². The van der Waals surface area contributed by atoms with E-state index in [9.17, 15) is 29.6 Å². The summed E-state index contributed by atoms with van der Waals surface area (Å²) in [6.07, 6.45) is 1.40. The topological polar surface area (TPSA) is 149 Å². The van der Waals surface area contributed by atoms with Crippen molar-refractivity contribution in [2.24, 2.45) is 0 Å². The zero-order valence-corrected chi connectivity index (χ0v) is 21.8. The fourth-order valence-corrected chi connectivity index (χ4v) is 5.05. The quantitative estimate of drug-likeness (QED) is 0.0760. The molecule has 3 aromatic rings. The molecule has 4 rings (SSSR count). The van der Waals surface area contributed by atoms with E-state index in [2.05, 4.69) is 11.6 Å². The van der Waals surface area contributed by atoms with Crippen LogP contribution in [-0.4, -0.2) is 45.9 Å². The fraction of sp³-hybridized carbons (Fsp3) is 0.185. The molecule has 1 aliphatic heterocycles. The Kier molecular flexibility index (Phi) is 7.86. The first kappa shape index (κ1) is 27.2. The molecule has 1 amide bonds. The number of esters is 1. The SMILES string of the molecule is C=CCOC(=O)c1sc(N2C(=O)C(=O)/C(=C(\O)c3ccc(OCC)cc3)C2c2cccc([N+](=O)[O-])c2)nc1C. The van der Waals surface area contributed by atoms with Gasteiger partial charge in [0.1, 0.15) is 23.0 Å². The summed E-state index contributed by atoms with van der Waals surface area (Å²) in [6.45, 7) is 7.26. The molecule has 0 saturated carbocycles. The van der Waals surface area contributed by atoms with Gasteiger partial charge in [-0.05, 0) is 43.7 Å². The van der Waals surface area contributed by atoms with Crippen LogP contribution in [0.5, 0.6) is 5.75 Å². The first-order valence-electron chi connectivity index (χ1n) is 11.7.